The number of nitrogens with zero attached hydrogens (tertiary/aromatic N) is 2. The first-order chi connectivity index (χ1) is 19.1. The summed E-state index contributed by atoms with van der Waals surface area (Å²) >= 11 is 0. The quantitative estimate of drug-likeness (QED) is 0.219. The van der Waals surface area contributed by atoms with Crippen molar-refractivity contribution in [2.45, 2.75) is 19.3 Å². The van der Waals surface area contributed by atoms with Crippen LogP contribution in [0.15, 0.2) is 121 Å². The molecule has 2 heteroatoms. The molecule has 6 aromatic carbocycles. The van der Waals surface area contributed by atoms with Crippen LogP contribution < -0.4 is 4.90 Å². The first-order valence-electron chi connectivity index (χ1n) is 13.7. The Morgan fingerprint density at radius 2 is 1.21 bits per heavy atom. The molecule has 0 atom stereocenters. The van der Waals surface area contributed by atoms with E-state index in [1.54, 1.807) is 0 Å². The van der Waals surface area contributed by atoms with Crippen molar-refractivity contribution in [3.63, 3.8) is 0 Å². The highest BCUT2D eigenvalue weighted by Gasteiger charge is 2.41. The van der Waals surface area contributed by atoms with Crippen LogP contribution in [-0.4, -0.2) is 4.57 Å². The average Bonchev–Trinajstić information content (AvgIpc) is 3.44. The van der Waals surface area contributed by atoms with Gasteiger partial charge in [0.05, 0.1) is 33.8 Å². The highest BCUT2D eigenvalue weighted by atomic mass is 15.2. The molecule has 7 aromatic rings. The van der Waals surface area contributed by atoms with E-state index < -0.39 is 0 Å². The van der Waals surface area contributed by atoms with Gasteiger partial charge in [-0.3, -0.25) is 0 Å². The molecule has 0 saturated heterocycles. The van der Waals surface area contributed by atoms with Crippen LogP contribution in [0.2, 0.25) is 0 Å². The summed E-state index contributed by atoms with van der Waals surface area (Å²) in [7, 11) is 0. The van der Waals surface area contributed by atoms with Crippen LogP contribution in [0.3, 0.4) is 0 Å². The van der Waals surface area contributed by atoms with Gasteiger partial charge in [0.15, 0.2) is 0 Å². The first kappa shape index (κ1) is 21.2. The van der Waals surface area contributed by atoms with Crippen molar-refractivity contribution in [1.82, 2.24) is 4.57 Å². The van der Waals surface area contributed by atoms with Gasteiger partial charge in [-0.25, -0.2) is 0 Å². The van der Waals surface area contributed by atoms with Gasteiger partial charge in [0.25, 0.3) is 0 Å². The Bertz CT molecular complexity index is 2160. The van der Waals surface area contributed by atoms with E-state index in [1.165, 1.54) is 77.6 Å². The number of aromatic nitrogens is 1. The maximum absolute atomic E-state index is 2.55. The maximum atomic E-state index is 2.55. The van der Waals surface area contributed by atoms with E-state index in [2.05, 4.69) is 145 Å². The largest absolute Gasteiger partial charge is 0.305 e. The molecule has 1 aliphatic heterocycles. The molecule has 0 saturated carbocycles. The zero-order chi connectivity index (χ0) is 25.9. The van der Waals surface area contributed by atoms with Crippen molar-refractivity contribution < 1.29 is 0 Å². The van der Waals surface area contributed by atoms with Crippen LogP contribution in [-0.2, 0) is 5.41 Å². The van der Waals surface area contributed by atoms with Gasteiger partial charge >= 0.3 is 0 Å². The monoisotopic (exact) mass is 498 g/mol. The fourth-order valence-corrected chi connectivity index (χ4v) is 7.38. The molecule has 0 radical (unpaired) electrons. The molecule has 1 aromatic heterocycles. The zero-order valence-corrected chi connectivity index (χ0v) is 21.9. The van der Waals surface area contributed by atoms with Gasteiger partial charge in [0.2, 0.25) is 0 Å². The summed E-state index contributed by atoms with van der Waals surface area (Å²) in [5.41, 5.74) is 12.9. The highest BCUT2D eigenvalue weighted by molar-refractivity contribution is 6.19. The van der Waals surface area contributed by atoms with E-state index in [0.29, 0.717) is 0 Å². The molecule has 0 unspecified atom stereocenters. The molecule has 0 amide bonds. The summed E-state index contributed by atoms with van der Waals surface area (Å²) in [4.78, 5) is 2.55. The Hall–Kier alpha value is -4.82. The van der Waals surface area contributed by atoms with Crippen LogP contribution in [0, 0.1) is 0 Å². The van der Waals surface area contributed by atoms with E-state index in [1.807, 2.05) is 0 Å². The molecule has 1 aliphatic carbocycles. The standard InChI is InChI=1S/C37H26N2/c1-37(2)28-17-7-5-15-27(28)34-29(37)21-22-33-36(34)39(30-19-9-12-23-11-3-4-13-24(23)30)32-20-10-16-26-25-14-6-8-18-31(25)38(33)35(26)32/h3-22H,1-2H3. The lowest BCUT2D eigenvalue weighted by Crippen LogP contribution is -2.21. The third-order valence-corrected chi connectivity index (χ3v) is 9.09. The van der Waals surface area contributed by atoms with E-state index in [9.17, 15) is 0 Å². The van der Waals surface area contributed by atoms with Crippen molar-refractivity contribution in [1.29, 1.82) is 0 Å². The minimum absolute atomic E-state index is 0.0730. The fourth-order valence-electron chi connectivity index (χ4n) is 7.38. The van der Waals surface area contributed by atoms with Gasteiger partial charge in [-0.05, 0) is 46.3 Å². The van der Waals surface area contributed by atoms with Crippen LogP contribution in [0.5, 0.6) is 0 Å². The second-order valence-corrected chi connectivity index (χ2v) is 11.4. The van der Waals surface area contributed by atoms with Gasteiger partial charge in [-0.2, -0.15) is 0 Å². The van der Waals surface area contributed by atoms with E-state index in [4.69, 9.17) is 0 Å². The SMILES string of the molecule is CC1(C)c2ccccc2-c2c1ccc1c2N(c2cccc3ccccc23)c2cccc3c4ccccc4n-1c23. The normalized spacial score (nSPS) is 14.6. The molecule has 9 rings (SSSR count). The Balaban J connectivity index is 1.53. The maximum Gasteiger partial charge on any atom is 0.0785 e. The predicted molar refractivity (Wildman–Crippen MR) is 164 cm³/mol. The summed E-state index contributed by atoms with van der Waals surface area (Å²) in [6.45, 7) is 4.73. The van der Waals surface area contributed by atoms with Crippen LogP contribution in [0.25, 0.3) is 49.4 Å². The van der Waals surface area contributed by atoms with Gasteiger partial charge in [0, 0.05) is 27.1 Å². The summed E-state index contributed by atoms with van der Waals surface area (Å²) in [6, 6.07) is 44.8. The third kappa shape index (κ3) is 2.52. The lowest BCUT2D eigenvalue weighted by Gasteiger charge is -2.36. The van der Waals surface area contributed by atoms with Gasteiger partial charge in [0.1, 0.15) is 0 Å². The van der Waals surface area contributed by atoms with Crippen molar-refractivity contribution in [2.24, 2.45) is 0 Å². The Kier molecular flexibility index (Phi) is 3.89. The minimum atomic E-state index is -0.0730. The summed E-state index contributed by atoms with van der Waals surface area (Å²) < 4.78 is 2.51. The van der Waals surface area contributed by atoms with Crippen LogP contribution in [0.1, 0.15) is 25.0 Å². The molecule has 184 valence electrons. The lowest BCUT2D eigenvalue weighted by molar-refractivity contribution is 0.660. The minimum Gasteiger partial charge on any atom is -0.305 e. The molecular formula is C37H26N2. The highest BCUT2D eigenvalue weighted by Crippen LogP contribution is 2.59. The van der Waals surface area contributed by atoms with Gasteiger partial charge in [-0.1, -0.05) is 111 Å². The zero-order valence-electron chi connectivity index (χ0n) is 21.9. The smallest absolute Gasteiger partial charge is 0.0785 e. The molecule has 0 spiro atoms. The van der Waals surface area contributed by atoms with Crippen molar-refractivity contribution in [3.8, 4) is 16.8 Å². The second-order valence-electron chi connectivity index (χ2n) is 11.4. The molecule has 0 fully saturated rings. The summed E-state index contributed by atoms with van der Waals surface area (Å²) in [5.74, 6) is 0. The Labute approximate surface area is 227 Å². The molecular weight excluding hydrogens is 472 g/mol. The number of anilines is 3. The lowest BCUT2D eigenvalue weighted by atomic mass is 9.82. The number of hydrogen-bond acceptors (Lipinski definition) is 1. The molecule has 39 heavy (non-hydrogen) atoms. The summed E-state index contributed by atoms with van der Waals surface area (Å²) in [6.07, 6.45) is 0. The predicted octanol–water partition coefficient (Wildman–Crippen LogP) is 10.0. The van der Waals surface area contributed by atoms with Crippen LogP contribution >= 0.6 is 0 Å². The topological polar surface area (TPSA) is 8.17 Å². The number of hydrogen-bond donors (Lipinski definition) is 0. The van der Waals surface area contributed by atoms with Crippen LogP contribution in [0.4, 0.5) is 17.1 Å². The molecule has 0 N–H and O–H groups in total. The Morgan fingerprint density at radius 3 is 2.13 bits per heavy atom. The van der Waals surface area contributed by atoms with E-state index in [-0.39, 0.29) is 5.41 Å². The number of fused-ring (bicyclic) bond motifs is 10. The van der Waals surface area contributed by atoms with Crippen molar-refractivity contribution in [3.05, 3.63) is 132 Å². The van der Waals surface area contributed by atoms with Crippen molar-refractivity contribution >= 4 is 49.6 Å². The number of benzene rings is 6. The van der Waals surface area contributed by atoms with Gasteiger partial charge in [-0.15, -0.1) is 0 Å². The van der Waals surface area contributed by atoms with E-state index in [0.717, 1.165) is 0 Å². The van der Waals surface area contributed by atoms with Crippen molar-refractivity contribution in [2.75, 3.05) is 4.90 Å². The molecule has 2 aliphatic rings. The first-order valence-corrected chi connectivity index (χ1v) is 13.7. The average molecular weight is 499 g/mol. The number of rotatable bonds is 1. The second kappa shape index (κ2) is 7.18. The van der Waals surface area contributed by atoms with E-state index >= 15 is 0 Å². The van der Waals surface area contributed by atoms with Gasteiger partial charge < -0.3 is 9.47 Å². The Morgan fingerprint density at radius 1 is 0.513 bits per heavy atom. The fraction of sp³-hybridized carbons (Fsp3) is 0.0811. The molecule has 0 bridgehead atoms. The summed E-state index contributed by atoms with van der Waals surface area (Å²) in [5, 5.41) is 5.10. The number of para-hydroxylation sites is 2. The third-order valence-electron chi connectivity index (χ3n) is 9.09. The molecule has 2 heterocycles. The molecule has 2 nitrogen and oxygen atoms in total.